The maximum Gasteiger partial charge on any atom is 0.256 e. The highest BCUT2D eigenvalue weighted by atomic mass is 79.9. The van der Waals surface area contributed by atoms with Crippen molar-refractivity contribution in [3.05, 3.63) is 101 Å². The summed E-state index contributed by atoms with van der Waals surface area (Å²) in [6.45, 7) is 0. The zero-order chi connectivity index (χ0) is 20.1. The van der Waals surface area contributed by atoms with E-state index in [4.69, 9.17) is 0 Å². The molecule has 0 fully saturated rings. The number of benzene rings is 3. The largest absolute Gasteiger partial charge is 0.340 e. The molecule has 1 aromatic heterocycles. The van der Waals surface area contributed by atoms with E-state index >= 15 is 0 Å². The zero-order valence-corrected chi connectivity index (χ0v) is 16.9. The molecule has 0 saturated heterocycles. The van der Waals surface area contributed by atoms with E-state index in [1.54, 1.807) is 6.07 Å². The fourth-order valence-corrected chi connectivity index (χ4v) is 3.29. The lowest BCUT2D eigenvalue weighted by atomic mass is 10.1. The maximum absolute atomic E-state index is 12.4. The summed E-state index contributed by atoms with van der Waals surface area (Å²) in [4.78, 5) is 21.0. The van der Waals surface area contributed by atoms with Gasteiger partial charge in [0, 0.05) is 27.5 Å². The van der Waals surface area contributed by atoms with Gasteiger partial charge >= 0.3 is 0 Å². The van der Waals surface area contributed by atoms with E-state index in [0.29, 0.717) is 17.1 Å². The highest BCUT2D eigenvalue weighted by Gasteiger charge is 2.09. The average Bonchev–Trinajstić information content (AvgIpc) is 2.76. The normalized spacial score (nSPS) is 10.4. The molecule has 1 amide bonds. The molecule has 0 aliphatic heterocycles. The number of carbonyl (C=O) groups is 1. The summed E-state index contributed by atoms with van der Waals surface area (Å²) in [5.41, 5.74) is 4.04. The summed E-state index contributed by atoms with van der Waals surface area (Å²) in [5.74, 6) is 0.533. The van der Waals surface area contributed by atoms with Gasteiger partial charge < -0.3 is 10.6 Å². The Morgan fingerprint density at radius 2 is 1.48 bits per heavy atom. The molecule has 4 rings (SSSR count). The number of halogens is 1. The van der Waals surface area contributed by atoms with Gasteiger partial charge in [-0.2, -0.15) is 0 Å². The summed E-state index contributed by atoms with van der Waals surface area (Å²) in [5, 5.41) is 6.16. The maximum atomic E-state index is 12.4. The number of aromatic nitrogens is 2. The Hall–Kier alpha value is -3.51. The second kappa shape index (κ2) is 8.67. The lowest BCUT2D eigenvalue weighted by Crippen LogP contribution is -2.12. The minimum absolute atomic E-state index is 0.165. The summed E-state index contributed by atoms with van der Waals surface area (Å²) in [6.07, 6.45) is 1.54. The van der Waals surface area contributed by atoms with E-state index in [1.807, 2.05) is 78.9 Å². The fourth-order valence-electron chi connectivity index (χ4n) is 2.82. The van der Waals surface area contributed by atoms with E-state index < -0.39 is 0 Å². The molecule has 0 atom stereocenters. The average molecular weight is 445 g/mol. The van der Waals surface area contributed by atoms with E-state index in [1.165, 1.54) is 6.33 Å². The van der Waals surface area contributed by atoms with Gasteiger partial charge in [0.2, 0.25) is 0 Å². The van der Waals surface area contributed by atoms with Crippen molar-refractivity contribution in [2.45, 2.75) is 0 Å². The van der Waals surface area contributed by atoms with Crippen molar-refractivity contribution in [2.75, 3.05) is 10.6 Å². The van der Waals surface area contributed by atoms with Crippen LogP contribution < -0.4 is 10.6 Å². The van der Waals surface area contributed by atoms with Crippen molar-refractivity contribution in [3.63, 3.8) is 0 Å². The zero-order valence-electron chi connectivity index (χ0n) is 15.3. The first-order valence-corrected chi connectivity index (χ1v) is 9.79. The van der Waals surface area contributed by atoms with Crippen molar-refractivity contribution >= 4 is 39.0 Å². The number of nitrogens with zero attached hydrogens (tertiary/aromatic N) is 2. The number of anilines is 3. The SMILES string of the molecule is O=C(Nc1ccc(Nc2cc(-c3ccccc3)ncn2)cc1)c1ccccc1Br. The lowest BCUT2D eigenvalue weighted by molar-refractivity contribution is 0.102. The summed E-state index contributed by atoms with van der Waals surface area (Å²) < 4.78 is 0.758. The molecule has 1 heterocycles. The number of amides is 1. The van der Waals surface area contributed by atoms with Gasteiger partial charge in [0.25, 0.3) is 5.91 Å². The van der Waals surface area contributed by atoms with Crippen LogP contribution in [-0.4, -0.2) is 15.9 Å². The van der Waals surface area contributed by atoms with Crippen LogP contribution in [-0.2, 0) is 0 Å². The molecule has 0 spiro atoms. The Morgan fingerprint density at radius 3 is 2.24 bits per heavy atom. The fraction of sp³-hybridized carbons (Fsp3) is 0. The van der Waals surface area contributed by atoms with E-state index in [0.717, 1.165) is 21.4 Å². The molecule has 0 radical (unpaired) electrons. The molecule has 0 saturated carbocycles. The minimum Gasteiger partial charge on any atom is -0.340 e. The van der Waals surface area contributed by atoms with E-state index in [9.17, 15) is 4.79 Å². The smallest absolute Gasteiger partial charge is 0.256 e. The molecule has 142 valence electrons. The molecular formula is C23H17BrN4O. The second-order valence-electron chi connectivity index (χ2n) is 6.29. The number of hydrogen-bond donors (Lipinski definition) is 2. The van der Waals surface area contributed by atoms with Gasteiger partial charge in [-0.25, -0.2) is 9.97 Å². The molecule has 2 N–H and O–H groups in total. The van der Waals surface area contributed by atoms with Gasteiger partial charge in [0.1, 0.15) is 12.1 Å². The summed E-state index contributed by atoms with van der Waals surface area (Å²) in [6, 6.07) is 26.6. The Kier molecular flexibility index (Phi) is 5.63. The van der Waals surface area contributed by atoms with E-state index in [2.05, 4.69) is 36.5 Å². The van der Waals surface area contributed by atoms with Gasteiger partial charge in [-0.15, -0.1) is 0 Å². The standard InChI is InChI=1S/C23H17BrN4O/c24-20-9-5-4-8-19(20)23(29)28-18-12-10-17(11-13-18)27-22-14-21(25-15-26-22)16-6-2-1-3-7-16/h1-15H,(H,28,29)(H,25,26,27). The Labute approximate surface area is 177 Å². The quantitative estimate of drug-likeness (QED) is 0.401. The van der Waals surface area contributed by atoms with Crippen LogP contribution in [0.4, 0.5) is 17.2 Å². The van der Waals surface area contributed by atoms with Gasteiger partial charge in [0.05, 0.1) is 11.3 Å². The highest BCUT2D eigenvalue weighted by Crippen LogP contribution is 2.23. The van der Waals surface area contributed by atoms with Crippen molar-refractivity contribution < 1.29 is 4.79 Å². The molecule has 5 nitrogen and oxygen atoms in total. The van der Waals surface area contributed by atoms with Crippen molar-refractivity contribution in [1.29, 1.82) is 0 Å². The van der Waals surface area contributed by atoms with Crippen LogP contribution in [0.2, 0.25) is 0 Å². The van der Waals surface area contributed by atoms with Gasteiger partial charge in [-0.3, -0.25) is 4.79 Å². The Morgan fingerprint density at radius 1 is 0.793 bits per heavy atom. The molecule has 0 unspecified atom stereocenters. The molecule has 0 aliphatic rings. The summed E-state index contributed by atoms with van der Waals surface area (Å²) >= 11 is 3.40. The third-order valence-corrected chi connectivity index (χ3v) is 4.96. The van der Waals surface area contributed by atoms with Crippen molar-refractivity contribution in [3.8, 4) is 11.3 Å². The first kappa shape index (κ1) is 18.8. The van der Waals surface area contributed by atoms with Crippen molar-refractivity contribution in [1.82, 2.24) is 9.97 Å². The molecular weight excluding hydrogens is 428 g/mol. The van der Waals surface area contributed by atoms with Crippen LogP contribution >= 0.6 is 15.9 Å². The second-order valence-corrected chi connectivity index (χ2v) is 7.15. The predicted octanol–water partition coefficient (Wildman–Crippen LogP) is 5.90. The monoisotopic (exact) mass is 444 g/mol. The third-order valence-electron chi connectivity index (χ3n) is 4.27. The van der Waals surface area contributed by atoms with Gasteiger partial charge in [-0.1, -0.05) is 42.5 Å². The minimum atomic E-state index is -0.165. The third kappa shape index (κ3) is 4.67. The first-order valence-electron chi connectivity index (χ1n) is 8.99. The number of carbonyl (C=O) groups excluding carboxylic acids is 1. The number of nitrogens with one attached hydrogen (secondary N) is 2. The molecule has 3 aromatic carbocycles. The van der Waals surface area contributed by atoms with Crippen LogP contribution in [0.15, 0.2) is 95.7 Å². The molecule has 4 aromatic rings. The van der Waals surface area contributed by atoms with Crippen molar-refractivity contribution in [2.24, 2.45) is 0 Å². The van der Waals surface area contributed by atoms with Crippen LogP contribution in [0.25, 0.3) is 11.3 Å². The van der Waals surface area contributed by atoms with Crippen LogP contribution in [0, 0.1) is 0 Å². The summed E-state index contributed by atoms with van der Waals surface area (Å²) in [7, 11) is 0. The first-order chi connectivity index (χ1) is 14.2. The Balaban J connectivity index is 1.45. The van der Waals surface area contributed by atoms with Gasteiger partial charge in [-0.05, 0) is 52.3 Å². The predicted molar refractivity (Wildman–Crippen MR) is 119 cm³/mol. The lowest BCUT2D eigenvalue weighted by Gasteiger charge is -2.10. The molecule has 0 bridgehead atoms. The van der Waals surface area contributed by atoms with Crippen LogP contribution in [0.5, 0.6) is 0 Å². The number of rotatable bonds is 5. The van der Waals surface area contributed by atoms with Gasteiger partial charge in [0.15, 0.2) is 0 Å². The topological polar surface area (TPSA) is 66.9 Å². The number of hydrogen-bond acceptors (Lipinski definition) is 4. The molecule has 29 heavy (non-hydrogen) atoms. The highest BCUT2D eigenvalue weighted by molar-refractivity contribution is 9.10. The van der Waals surface area contributed by atoms with E-state index in [-0.39, 0.29) is 5.91 Å². The Bertz CT molecular complexity index is 1130. The van der Waals surface area contributed by atoms with Crippen LogP contribution in [0.3, 0.4) is 0 Å². The molecule has 0 aliphatic carbocycles. The van der Waals surface area contributed by atoms with Crippen LogP contribution in [0.1, 0.15) is 10.4 Å². The molecule has 6 heteroatoms.